The first-order chi connectivity index (χ1) is 9.01. The molecule has 4 nitrogen and oxygen atoms in total. The number of hydrogen-bond donors (Lipinski definition) is 0. The second-order valence-corrected chi connectivity index (χ2v) is 4.84. The summed E-state index contributed by atoms with van der Waals surface area (Å²) in [5.74, 6) is -0.959. The minimum absolute atomic E-state index is 0.486. The maximum absolute atomic E-state index is 6.19. The van der Waals surface area contributed by atoms with E-state index in [1.54, 1.807) is 44.0 Å². The molecule has 1 aromatic carbocycles. The summed E-state index contributed by atoms with van der Waals surface area (Å²) in [6.07, 6.45) is 1.54. The molecule has 0 aliphatic carbocycles. The van der Waals surface area contributed by atoms with E-state index in [4.69, 9.17) is 32.7 Å². The highest BCUT2D eigenvalue weighted by atomic mass is 35.5. The highest BCUT2D eigenvalue weighted by molar-refractivity contribution is 6.35. The molecule has 101 valence electrons. The topological polar surface area (TPSA) is 36.3 Å². The number of methoxy groups -OCH3 is 2. The van der Waals surface area contributed by atoms with Crippen molar-refractivity contribution in [3.05, 3.63) is 46.2 Å². The van der Waals surface area contributed by atoms with Gasteiger partial charge in [-0.2, -0.15) is 5.10 Å². The molecule has 0 N–H and O–H groups in total. The molecule has 2 rings (SSSR count). The van der Waals surface area contributed by atoms with Crippen LogP contribution in [0.15, 0.2) is 24.4 Å². The van der Waals surface area contributed by atoms with Crippen LogP contribution in [0, 0.1) is 6.07 Å². The number of halogens is 2. The molecule has 0 aliphatic rings. The molecule has 0 bridgehead atoms. The third-order valence-electron chi connectivity index (χ3n) is 2.93. The van der Waals surface area contributed by atoms with Crippen LogP contribution in [0.2, 0.25) is 10.0 Å². The average Bonchev–Trinajstić information content (AvgIpc) is 2.87. The maximum atomic E-state index is 6.19. The number of benzene rings is 1. The Labute approximate surface area is 121 Å². The third-order valence-corrected chi connectivity index (χ3v) is 3.47. The normalized spacial score (nSPS) is 11.8. The first-order valence-corrected chi connectivity index (χ1v) is 6.29. The SMILES string of the molecule is COC(C)(OC)c1[c]cnn1-c1ccc(Cl)cc1Cl. The van der Waals surface area contributed by atoms with Gasteiger partial charge in [-0.3, -0.25) is 0 Å². The molecule has 19 heavy (non-hydrogen) atoms. The second kappa shape index (κ2) is 5.51. The lowest BCUT2D eigenvalue weighted by Crippen LogP contribution is -2.29. The van der Waals surface area contributed by atoms with E-state index in [2.05, 4.69) is 11.2 Å². The summed E-state index contributed by atoms with van der Waals surface area (Å²) < 4.78 is 12.4. The predicted octanol–water partition coefficient (Wildman–Crippen LogP) is 3.44. The van der Waals surface area contributed by atoms with E-state index in [0.717, 1.165) is 0 Å². The lowest BCUT2D eigenvalue weighted by Gasteiger charge is -2.27. The largest absolute Gasteiger partial charge is 0.348 e. The van der Waals surface area contributed by atoms with Gasteiger partial charge in [-0.15, -0.1) is 0 Å². The van der Waals surface area contributed by atoms with Gasteiger partial charge < -0.3 is 9.47 Å². The average molecular weight is 300 g/mol. The van der Waals surface area contributed by atoms with Gasteiger partial charge in [-0.25, -0.2) is 4.68 Å². The molecule has 1 aromatic heterocycles. The van der Waals surface area contributed by atoms with Crippen molar-refractivity contribution in [1.29, 1.82) is 0 Å². The molecule has 0 atom stereocenters. The highest BCUT2D eigenvalue weighted by Gasteiger charge is 2.31. The molecule has 1 heterocycles. The van der Waals surface area contributed by atoms with Crippen LogP contribution in [0.25, 0.3) is 5.69 Å². The smallest absolute Gasteiger partial charge is 0.209 e. The molecular formula is C13H13Cl2N2O2. The fraction of sp³-hybridized carbons (Fsp3) is 0.308. The van der Waals surface area contributed by atoms with Crippen LogP contribution < -0.4 is 0 Å². The lowest BCUT2D eigenvalue weighted by molar-refractivity contribution is -0.205. The van der Waals surface area contributed by atoms with E-state index in [1.165, 1.54) is 6.20 Å². The van der Waals surface area contributed by atoms with Crippen molar-refractivity contribution >= 4 is 23.2 Å². The van der Waals surface area contributed by atoms with Crippen molar-refractivity contribution in [1.82, 2.24) is 9.78 Å². The van der Waals surface area contributed by atoms with Crippen molar-refractivity contribution in [2.75, 3.05) is 14.2 Å². The molecule has 2 aromatic rings. The Balaban J connectivity index is 2.56. The standard InChI is InChI=1S/C13H13Cl2N2O2/c1-13(18-2,19-3)12-6-7-16-17(12)11-5-4-9(14)8-10(11)15/h4-5,7-8H,1-3H3. The molecule has 1 radical (unpaired) electrons. The lowest BCUT2D eigenvalue weighted by atomic mass is 10.2. The monoisotopic (exact) mass is 299 g/mol. The molecule has 0 saturated heterocycles. The third kappa shape index (κ3) is 2.62. The van der Waals surface area contributed by atoms with Crippen LogP contribution in [0.5, 0.6) is 0 Å². The molecule has 0 spiro atoms. The minimum atomic E-state index is -0.959. The molecule has 0 amide bonds. The zero-order chi connectivity index (χ0) is 14.0. The van der Waals surface area contributed by atoms with E-state index in [-0.39, 0.29) is 0 Å². The van der Waals surface area contributed by atoms with Gasteiger partial charge in [0, 0.05) is 25.3 Å². The van der Waals surface area contributed by atoms with Crippen LogP contribution in [0.3, 0.4) is 0 Å². The molecular weight excluding hydrogens is 287 g/mol. The Morgan fingerprint density at radius 1 is 1.26 bits per heavy atom. The first-order valence-electron chi connectivity index (χ1n) is 5.53. The van der Waals surface area contributed by atoms with Crippen molar-refractivity contribution in [2.24, 2.45) is 0 Å². The second-order valence-electron chi connectivity index (χ2n) is 4.00. The quantitative estimate of drug-likeness (QED) is 0.811. The van der Waals surface area contributed by atoms with Crippen LogP contribution in [-0.4, -0.2) is 24.0 Å². The van der Waals surface area contributed by atoms with Gasteiger partial charge in [0.1, 0.15) is 5.69 Å². The number of aromatic nitrogens is 2. The summed E-state index contributed by atoms with van der Waals surface area (Å²) in [6, 6.07) is 8.17. The summed E-state index contributed by atoms with van der Waals surface area (Å²) in [4.78, 5) is 0. The van der Waals surface area contributed by atoms with E-state index < -0.39 is 5.79 Å². The summed E-state index contributed by atoms with van der Waals surface area (Å²) in [5.41, 5.74) is 1.30. The van der Waals surface area contributed by atoms with Crippen LogP contribution >= 0.6 is 23.2 Å². The molecule has 0 saturated carbocycles. The van der Waals surface area contributed by atoms with Gasteiger partial charge in [0.15, 0.2) is 0 Å². The fourth-order valence-corrected chi connectivity index (χ4v) is 2.19. The molecule has 0 unspecified atom stereocenters. The van der Waals surface area contributed by atoms with Gasteiger partial charge in [-0.05, 0) is 25.1 Å². The van der Waals surface area contributed by atoms with E-state index >= 15 is 0 Å². The van der Waals surface area contributed by atoms with Gasteiger partial charge in [-0.1, -0.05) is 23.2 Å². The summed E-state index contributed by atoms with van der Waals surface area (Å²) in [5, 5.41) is 5.26. The first kappa shape index (κ1) is 14.3. The summed E-state index contributed by atoms with van der Waals surface area (Å²) >= 11 is 12.1. The fourth-order valence-electron chi connectivity index (χ4n) is 1.70. The maximum Gasteiger partial charge on any atom is 0.209 e. The summed E-state index contributed by atoms with van der Waals surface area (Å²) in [7, 11) is 3.11. The van der Waals surface area contributed by atoms with E-state index in [9.17, 15) is 0 Å². The molecule has 0 aliphatic heterocycles. The van der Waals surface area contributed by atoms with Crippen molar-refractivity contribution < 1.29 is 9.47 Å². The van der Waals surface area contributed by atoms with Gasteiger partial charge in [0.05, 0.1) is 16.9 Å². The Morgan fingerprint density at radius 2 is 1.95 bits per heavy atom. The highest BCUT2D eigenvalue weighted by Crippen LogP contribution is 2.30. The van der Waals surface area contributed by atoms with Gasteiger partial charge in [0.25, 0.3) is 0 Å². The Bertz CT molecular complexity index is 580. The molecule has 6 heteroatoms. The van der Waals surface area contributed by atoms with Crippen LogP contribution in [-0.2, 0) is 15.3 Å². The number of nitrogens with zero attached hydrogens (tertiary/aromatic N) is 2. The van der Waals surface area contributed by atoms with Crippen LogP contribution in [0.1, 0.15) is 12.6 Å². The van der Waals surface area contributed by atoms with Crippen LogP contribution in [0.4, 0.5) is 0 Å². The Kier molecular flexibility index (Phi) is 4.16. The minimum Gasteiger partial charge on any atom is -0.348 e. The Morgan fingerprint density at radius 3 is 2.53 bits per heavy atom. The summed E-state index contributed by atoms with van der Waals surface area (Å²) in [6.45, 7) is 1.78. The predicted molar refractivity (Wildman–Crippen MR) is 73.8 cm³/mol. The Hall–Kier alpha value is -1.07. The van der Waals surface area contributed by atoms with Gasteiger partial charge >= 0.3 is 0 Å². The van der Waals surface area contributed by atoms with Crippen molar-refractivity contribution in [2.45, 2.75) is 12.7 Å². The number of rotatable bonds is 4. The number of hydrogen-bond acceptors (Lipinski definition) is 3. The zero-order valence-electron chi connectivity index (χ0n) is 10.8. The van der Waals surface area contributed by atoms with Crippen molar-refractivity contribution in [3.63, 3.8) is 0 Å². The molecule has 0 fully saturated rings. The zero-order valence-corrected chi connectivity index (χ0v) is 12.3. The van der Waals surface area contributed by atoms with E-state index in [1.807, 2.05) is 0 Å². The van der Waals surface area contributed by atoms with Crippen molar-refractivity contribution in [3.8, 4) is 5.69 Å². The van der Waals surface area contributed by atoms with Gasteiger partial charge in [0.2, 0.25) is 5.79 Å². The van der Waals surface area contributed by atoms with E-state index in [0.29, 0.717) is 21.4 Å². The number of ether oxygens (including phenoxy) is 2.